The average molecular weight is 517 g/mol. The van der Waals surface area contributed by atoms with Crippen molar-refractivity contribution in [2.45, 2.75) is 103 Å². The highest BCUT2D eigenvalue weighted by molar-refractivity contribution is 14.1. The van der Waals surface area contributed by atoms with Gasteiger partial charge in [0.15, 0.2) is 0 Å². The fourth-order valence-corrected chi connectivity index (χ4v) is 6.11. The molecule has 1 unspecified atom stereocenters. The third-order valence-corrected chi connectivity index (χ3v) is 8.43. The van der Waals surface area contributed by atoms with E-state index in [4.69, 9.17) is 4.74 Å². The van der Waals surface area contributed by atoms with Gasteiger partial charge in [-0.25, -0.2) is 0 Å². The van der Waals surface area contributed by atoms with Gasteiger partial charge in [-0.05, 0) is 62.2 Å². The van der Waals surface area contributed by atoms with Crippen LogP contribution in [0.1, 0.15) is 99.3 Å². The molecule has 29 heavy (non-hydrogen) atoms. The molecular weight excluding hydrogens is 475 g/mol. The third kappa shape index (κ3) is 6.80. The summed E-state index contributed by atoms with van der Waals surface area (Å²) in [6.45, 7) is 13.3. The van der Waals surface area contributed by atoms with Crippen LogP contribution < -0.4 is 0 Å². The molecule has 0 bridgehead atoms. The van der Waals surface area contributed by atoms with E-state index in [1.54, 1.807) is 19.4 Å². The molecule has 2 aliphatic carbocycles. The minimum atomic E-state index is -0.645. The van der Waals surface area contributed by atoms with Gasteiger partial charge in [0.1, 0.15) is 6.29 Å². The second-order valence-corrected chi connectivity index (χ2v) is 13.9. The van der Waals surface area contributed by atoms with Crippen molar-refractivity contribution in [2.24, 2.45) is 22.2 Å². The number of ether oxygens (including phenoxy) is 1. The van der Waals surface area contributed by atoms with Gasteiger partial charge in [0.05, 0.1) is 13.0 Å². The average Bonchev–Trinajstić information content (AvgIpc) is 2.60. The molecule has 0 aromatic carbocycles. The Morgan fingerprint density at radius 1 is 1.28 bits per heavy atom. The number of carbonyl (C=O) groups excluding carboxylic acids is 2. The first-order valence-corrected chi connectivity index (χ1v) is 12.4. The van der Waals surface area contributed by atoms with Crippen molar-refractivity contribution in [3.05, 3.63) is 11.6 Å². The van der Waals surface area contributed by atoms with E-state index in [0.717, 1.165) is 25.0 Å². The van der Waals surface area contributed by atoms with Gasteiger partial charge in [-0.2, -0.15) is 0 Å². The lowest BCUT2D eigenvalue weighted by atomic mass is 9.59. The lowest BCUT2D eigenvalue weighted by molar-refractivity contribution is -0.150. The Labute approximate surface area is 191 Å². The summed E-state index contributed by atoms with van der Waals surface area (Å²) >= 11 is 2.71. The predicted molar refractivity (Wildman–Crippen MR) is 128 cm³/mol. The summed E-state index contributed by atoms with van der Waals surface area (Å²) in [6, 6.07) is 0. The van der Waals surface area contributed by atoms with E-state index in [1.807, 2.05) is 0 Å². The first kappa shape index (κ1) is 24.9. The molecule has 4 heteroatoms. The molecule has 0 radical (unpaired) electrons. The van der Waals surface area contributed by atoms with Gasteiger partial charge >= 0.3 is 5.97 Å². The molecule has 0 N–H and O–H groups in total. The lowest BCUT2D eigenvalue weighted by Gasteiger charge is -2.49. The van der Waals surface area contributed by atoms with Crippen LogP contribution in [0.25, 0.3) is 0 Å². The molecule has 2 aliphatic rings. The highest BCUT2D eigenvalue weighted by Crippen LogP contribution is 2.56. The number of allylic oxidation sites excluding steroid dienone is 2. The summed E-state index contributed by atoms with van der Waals surface area (Å²) in [6.07, 6.45) is 13.5. The number of hydrogen-bond acceptors (Lipinski definition) is 3. The van der Waals surface area contributed by atoms with Crippen molar-refractivity contribution in [2.75, 3.05) is 6.61 Å². The van der Waals surface area contributed by atoms with Crippen molar-refractivity contribution in [3.63, 3.8) is 0 Å². The first-order valence-electron chi connectivity index (χ1n) is 11.3. The first-order chi connectivity index (χ1) is 13.3. The second kappa shape index (κ2) is 9.40. The number of hydrogen-bond donors (Lipinski definition) is 0. The maximum atomic E-state index is 12.1. The Hall–Kier alpha value is -0.390. The topological polar surface area (TPSA) is 43.4 Å². The SMILES string of the molecule is CC(C)(C=O)CC(=O)OCC(C)(C)CCC[C@]1(C)CCCC2C1=CCC[C@]2(C)I. The molecule has 2 rings (SSSR count). The van der Waals surface area contributed by atoms with E-state index in [-0.39, 0.29) is 17.8 Å². The number of esters is 1. The third-order valence-electron chi connectivity index (χ3n) is 7.14. The minimum Gasteiger partial charge on any atom is -0.465 e. The molecule has 0 aromatic heterocycles. The molecule has 166 valence electrons. The molecule has 0 amide bonds. The number of carbonyl (C=O) groups is 2. The highest BCUT2D eigenvalue weighted by atomic mass is 127. The molecule has 0 heterocycles. The summed E-state index contributed by atoms with van der Waals surface area (Å²) < 4.78 is 5.92. The van der Waals surface area contributed by atoms with Gasteiger partial charge in [-0.1, -0.05) is 81.7 Å². The highest BCUT2D eigenvalue weighted by Gasteiger charge is 2.45. The maximum Gasteiger partial charge on any atom is 0.306 e. The normalized spacial score (nSPS) is 30.3. The largest absolute Gasteiger partial charge is 0.465 e. The summed E-state index contributed by atoms with van der Waals surface area (Å²) in [5.74, 6) is 0.469. The van der Waals surface area contributed by atoms with Crippen LogP contribution in [0.5, 0.6) is 0 Å². The molecule has 3 nitrogen and oxygen atoms in total. The van der Waals surface area contributed by atoms with Crippen LogP contribution in [-0.4, -0.2) is 22.3 Å². The fraction of sp³-hybridized carbons (Fsp3) is 0.840. The van der Waals surface area contributed by atoms with Crippen LogP contribution in [0, 0.1) is 22.2 Å². The predicted octanol–water partition coefficient (Wildman–Crippen LogP) is 7.06. The van der Waals surface area contributed by atoms with Crippen LogP contribution in [0.3, 0.4) is 0 Å². The molecule has 0 saturated heterocycles. The quantitative estimate of drug-likeness (QED) is 0.108. The zero-order chi connectivity index (χ0) is 21.9. The Morgan fingerprint density at radius 2 is 1.97 bits per heavy atom. The van der Waals surface area contributed by atoms with Crippen LogP contribution >= 0.6 is 22.6 Å². The summed E-state index contributed by atoms with van der Waals surface area (Å²) in [7, 11) is 0. The van der Waals surface area contributed by atoms with Crippen molar-refractivity contribution >= 4 is 34.8 Å². The molecular formula is C25H41IO3. The van der Waals surface area contributed by atoms with Crippen molar-refractivity contribution in [1.82, 2.24) is 0 Å². The van der Waals surface area contributed by atoms with Gasteiger partial charge < -0.3 is 9.53 Å². The standard InChI is InChI=1S/C25H41IO3/c1-22(2,18-29-21(28)16-23(3,4)17-27)12-9-14-24(5)13-7-11-20-19(24)10-8-15-25(20,6)26/h10,17,20H,7-9,11-16,18H2,1-6H3/t20?,24-,25-/m0/s1. The van der Waals surface area contributed by atoms with Gasteiger partial charge in [-0.15, -0.1) is 0 Å². The lowest BCUT2D eigenvalue weighted by Crippen LogP contribution is -2.41. The van der Waals surface area contributed by atoms with Crippen molar-refractivity contribution in [3.8, 4) is 0 Å². The van der Waals surface area contributed by atoms with Gasteiger partial charge in [0, 0.05) is 8.84 Å². The van der Waals surface area contributed by atoms with Crippen LogP contribution in [-0.2, 0) is 14.3 Å². The molecule has 1 saturated carbocycles. The van der Waals surface area contributed by atoms with Crippen LogP contribution in [0.4, 0.5) is 0 Å². The van der Waals surface area contributed by atoms with E-state index in [2.05, 4.69) is 56.4 Å². The molecule has 1 fully saturated rings. The zero-order valence-corrected chi connectivity index (χ0v) is 21.6. The Balaban J connectivity index is 1.87. The minimum absolute atomic E-state index is 0.0376. The second-order valence-electron chi connectivity index (χ2n) is 11.4. The van der Waals surface area contributed by atoms with E-state index < -0.39 is 5.41 Å². The summed E-state index contributed by atoms with van der Waals surface area (Å²) in [4.78, 5) is 23.1. The van der Waals surface area contributed by atoms with Crippen LogP contribution in [0.15, 0.2) is 11.6 Å². The van der Waals surface area contributed by atoms with Gasteiger partial charge in [0.2, 0.25) is 0 Å². The molecule has 3 atom stereocenters. The molecule has 0 aliphatic heterocycles. The number of aldehydes is 1. The van der Waals surface area contributed by atoms with Gasteiger partial charge in [-0.3, -0.25) is 4.79 Å². The van der Waals surface area contributed by atoms with E-state index in [9.17, 15) is 9.59 Å². The number of alkyl halides is 1. The van der Waals surface area contributed by atoms with E-state index in [1.165, 1.54) is 38.5 Å². The Morgan fingerprint density at radius 3 is 2.62 bits per heavy atom. The smallest absolute Gasteiger partial charge is 0.306 e. The fourth-order valence-electron chi connectivity index (χ4n) is 5.15. The van der Waals surface area contributed by atoms with Gasteiger partial charge in [0.25, 0.3) is 0 Å². The van der Waals surface area contributed by atoms with E-state index in [0.29, 0.717) is 15.4 Å². The number of fused-ring (bicyclic) bond motifs is 1. The van der Waals surface area contributed by atoms with Crippen molar-refractivity contribution in [1.29, 1.82) is 0 Å². The zero-order valence-electron chi connectivity index (χ0n) is 19.4. The summed E-state index contributed by atoms with van der Waals surface area (Å²) in [5, 5.41) is 0. The Kier molecular flexibility index (Phi) is 8.06. The Bertz CT molecular complexity index is 632. The maximum absolute atomic E-state index is 12.1. The molecule has 0 aromatic rings. The number of halogens is 1. The monoisotopic (exact) mass is 516 g/mol. The number of rotatable bonds is 9. The van der Waals surface area contributed by atoms with Crippen LogP contribution in [0.2, 0.25) is 0 Å². The summed E-state index contributed by atoms with van der Waals surface area (Å²) in [5.41, 5.74) is 1.38. The van der Waals surface area contributed by atoms with Crippen molar-refractivity contribution < 1.29 is 14.3 Å². The van der Waals surface area contributed by atoms with E-state index >= 15 is 0 Å². The molecule has 0 spiro atoms.